The number of methoxy groups -OCH3 is 2. The first-order valence-electron chi connectivity index (χ1n) is 15.0. The Balaban J connectivity index is 1.47. The highest BCUT2D eigenvalue weighted by Gasteiger charge is 2.61. The molecule has 4 rings (SSSR count). The molecule has 3 saturated carbocycles. The lowest BCUT2D eigenvalue weighted by Crippen LogP contribution is -2.56. The highest BCUT2D eigenvalue weighted by Crippen LogP contribution is 2.67. The summed E-state index contributed by atoms with van der Waals surface area (Å²) in [5.74, 6) is 3.31. The van der Waals surface area contributed by atoms with E-state index in [0.29, 0.717) is 43.4 Å². The third-order valence-electron chi connectivity index (χ3n) is 11.0. The Kier molecular flexibility index (Phi) is 10.2. The maximum absolute atomic E-state index is 11.6. The number of ether oxygens (including phenoxy) is 5. The van der Waals surface area contributed by atoms with Crippen molar-refractivity contribution in [1.82, 2.24) is 0 Å². The summed E-state index contributed by atoms with van der Waals surface area (Å²) in [4.78, 5) is 11.6. The molecule has 0 radical (unpaired) electrons. The highest BCUT2D eigenvalue weighted by atomic mass is 16.7. The van der Waals surface area contributed by atoms with E-state index in [4.69, 9.17) is 23.7 Å². The van der Waals surface area contributed by atoms with Crippen molar-refractivity contribution in [2.24, 2.45) is 40.4 Å². The Labute approximate surface area is 230 Å². The fraction of sp³-hybridized carbons (Fsp3) is 0.844. The third kappa shape index (κ3) is 5.80. The number of carbonyl (C=O) groups is 1. The molecule has 38 heavy (non-hydrogen) atoms. The molecule has 9 atom stereocenters. The number of esters is 1. The molecule has 0 unspecified atom stereocenters. The smallest absolute Gasteiger partial charge is 0.330 e. The number of allylic oxidation sites excluding steroid dienone is 2. The monoisotopic (exact) mass is 532 g/mol. The fourth-order valence-corrected chi connectivity index (χ4v) is 9.25. The molecule has 0 spiro atoms. The normalized spacial score (nSPS) is 39.3. The van der Waals surface area contributed by atoms with Crippen molar-refractivity contribution in [3.63, 3.8) is 0 Å². The highest BCUT2D eigenvalue weighted by molar-refractivity contribution is 5.81. The van der Waals surface area contributed by atoms with E-state index in [1.54, 1.807) is 20.3 Å². The van der Waals surface area contributed by atoms with E-state index in [1.807, 2.05) is 13.0 Å². The SMILES string of the molecule is CCOC(=O)C=CCC[C@@H](C)[C@H]1CC[C@H]2[C@@H]3CC=C4C[C@@H](OCOC)C[C@H](OCOC)[C@]4(C)[C@H]3CC[C@]12C. The minimum absolute atomic E-state index is 0.0390. The first kappa shape index (κ1) is 29.8. The molecule has 0 bridgehead atoms. The van der Waals surface area contributed by atoms with Crippen molar-refractivity contribution >= 4 is 5.97 Å². The molecule has 0 aromatic carbocycles. The molecule has 0 amide bonds. The molecule has 4 aliphatic carbocycles. The van der Waals surface area contributed by atoms with Gasteiger partial charge in [-0.15, -0.1) is 0 Å². The van der Waals surface area contributed by atoms with E-state index in [1.165, 1.54) is 37.7 Å². The summed E-state index contributed by atoms with van der Waals surface area (Å²) in [5, 5.41) is 0. The Morgan fingerprint density at radius 3 is 2.61 bits per heavy atom. The molecule has 0 aromatic rings. The second kappa shape index (κ2) is 13.0. The largest absolute Gasteiger partial charge is 0.463 e. The zero-order chi connectivity index (χ0) is 27.3. The van der Waals surface area contributed by atoms with Gasteiger partial charge < -0.3 is 23.7 Å². The topological polar surface area (TPSA) is 63.2 Å². The van der Waals surface area contributed by atoms with E-state index in [2.05, 4.69) is 26.8 Å². The van der Waals surface area contributed by atoms with Gasteiger partial charge in [-0.2, -0.15) is 0 Å². The van der Waals surface area contributed by atoms with Crippen molar-refractivity contribution in [3.8, 4) is 0 Å². The zero-order valence-electron chi connectivity index (χ0n) is 24.7. The molecule has 6 nitrogen and oxygen atoms in total. The van der Waals surface area contributed by atoms with Crippen LogP contribution in [0.1, 0.15) is 85.5 Å². The lowest BCUT2D eigenvalue weighted by Gasteiger charge is -2.60. The van der Waals surface area contributed by atoms with E-state index < -0.39 is 0 Å². The fourth-order valence-electron chi connectivity index (χ4n) is 9.25. The quantitative estimate of drug-likeness (QED) is 0.121. The standard InChI is InChI=1S/C32H52O6/c1-7-36-30(33)11-9-8-10-22(2)26-14-15-27-25-13-12-23-18-24(37-20-34-5)19-29(38-21-35-6)32(23,4)28(25)16-17-31(26,27)3/h9,11-12,22,24-29H,7-8,10,13-21H2,1-6H3/t22-,24-,25+,26-,27+,28+,29+,31-,32+/m1/s1. The average molecular weight is 533 g/mol. The second-order valence-electron chi connectivity index (χ2n) is 12.8. The van der Waals surface area contributed by atoms with Crippen LogP contribution in [0.5, 0.6) is 0 Å². The van der Waals surface area contributed by atoms with Crippen molar-refractivity contribution in [1.29, 1.82) is 0 Å². The van der Waals surface area contributed by atoms with Crippen molar-refractivity contribution in [2.45, 2.75) is 97.7 Å². The van der Waals surface area contributed by atoms with Gasteiger partial charge in [0.2, 0.25) is 0 Å². The van der Waals surface area contributed by atoms with Gasteiger partial charge in [-0.3, -0.25) is 0 Å². The number of fused-ring (bicyclic) bond motifs is 5. The maximum Gasteiger partial charge on any atom is 0.330 e. The van der Waals surface area contributed by atoms with Crippen molar-refractivity contribution in [2.75, 3.05) is 34.4 Å². The van der Waals surface area contributed by atoms with Gasteiger partial charge in [0, 0.05) is 32.1 Å². The van der Waals surface area contributed by atoms with E-state index >= 15 is 0 Å². The summed E-state index contributed by atoms with van der Waals surface area (Å²) in [6, 6.07) is 0. The molecule has 4 aliphatic rings. The predicted molar refractivity (Wildman–Crippen MR) is 148 cm³/mol. The van der Waals surface area contributed by atoms with Crippen LogP contribution in [0.3, 0.4) is 0 Å². The lowest BCUT2D eigenvalue weighted by molar-refractivity contribution is -0.179. The number of hydrogen-bond acceptors (Lipinski definition) is 6. The van der Waals surface area contributed by atoms with Crippen LogP contribution in [0.15, 0.2) is 23.8 Å². The van der Waals surface area contributed by atoms with Crippen LogP contribution in [0, 0.1) is 40.4 Å². The molecule has 3 fully saturated rings. The molecular weight excluding hydrogens is 480 g/mol. The second-order valence-corrected chi connectivity index (χ2v) is 12.8. The minimum Gasteiger partial charge on any atom is -0.463 e. The van der Waals surface area contributed by atoms with Crippen LogP contribution >= 0.6 is 0 Å². The summed E-state index contributed by atoms with van der Waals surface area (Å²) in [7, 11) is 3.40. The first-order valence-corrected chi connectivity index (χ1v) is 15.0. The first-order chi connectivity index (χ1) is 18.3. The van der Waals surface area contributed by atoms with Crippen molar-refractivity contribution < 1.29 is 28.5 Å². The molecule has 0 aliphatic heterocycles. The maximum atomic E-state index is 11.6. The molecule has 216 valence electrons. The molecule has 0 N–H and O–H groups in total. The summed E-state index contributed by atoms with van der Waals surface area (Å²) in [6.45, 7) is 10.5. The van der Waals surface area contributed by atoms with Gasteiger partial charge in [0.15, 0.2) is 0 Å². The van der Waals surface area contributed by atoms with Gasteiger partial charge >= 0.3 is 5.97 Å². The van der Waals surface area contributed by atoms with Gasteiger partial charge in [0.25, 0.3) is 0 Å². The van der Waals surface area contributed by atoms with E-state index in [0.717, 1.165) is 37.5 Å². The van der Waals surface area contributed by atoms with Gasteiger partial charge in [-0.05, 0) is 93.3 Å². The molecule has 0 saturated heterocycles. The van der Waals surface area contributed by atoms with E-state index in [9.17, 15) is 4.79 Å². The Morgan fingerprint density at radius 1 is 1.11 bits per heavy atom. The van der Waals surface area contributed by atoms with Crippen LogP contribution in [-0.2, 0) is 28.5 Å². The number of carbonyl (C=O) groups excluding carboxylic acids is 1. The van der Waals surface area contributed by atoms with Gasteiger partial charge in [-0.25, -0.2) is 4.79 Å². The lowest BCUT2D eigenvalue weighted by atomic mass is 9.46. The number of hydrogen-bond donors (Lipinski definition) is 0. The Morgan fingerprint density at radius 2 is 1.87 bits per heavy atom. The van der Waals surface area contributed by atoms with Crippen LogP contribution in [-0.4, -0.2) is 52.6 Å². The van der Waals surface area contributed by atoms with Crippen LogP contribution in [0.2, 0.25) is 0 Å². The summed E-state index contributed by atoms with van der Waals surface area (Å²) in [6.07, 6.45) is 16.8. The molecule has 0 heterocycles. The average Bonchev–Trinajstić information content (AvgIpc) is 3.26. The number of rotatable bonds is 12. The summed E-state index contributed by atoms with van der Waals surface area (Å²) >= 11 is 0. The van der Waals surface area contributed by atoms with Gasteiger partial charge in [0.1, 0.15) is 13.6 Å². The molecule has 0 aromatic heterocycles. The minimum atomic E-state index is -0.225. The molecular formula is C32H52O6. The summed E-state index contributed by atoms with van der Waals surface area (Å²) < 4.78 is 28.1. The van der Waals surface area contributed by atoms with Crippen LogP contribution in [0.25, 0.3) is 0 Å². The Hall–Kier alpha value is -1.21. The zero-order valence-corrected chi connectivity index (χ0v) is 24.7. The van der Waals surface area contributed by atoms with Gasteiger partial charge in [0.05, 0.1) is 18.8 Å². The molecule has 6 heteroatoms. The third-order valence-corrected chi connectivity index (χ3v) is 11.0. The van der Waals surface area contributed by atoms with Crippen molar-refractivity contribution in [3.05, 3.63) is 23.8 Å². The predicted octanol–water partition coefficient (Wildman–Crippen LogP) is 6.69. The van der Waals surface area contributed by atoms with Crippen LogP contribution in [0.4, 0.5) is 0 Å². The van der Waals surface area contributed by atoms with Crippen LogP contribution < -0.4 is 0 Å². The van der Waals surface area contributed by atoms with E-state index in [-0.39, 0.29) is 23.6 Å². The Bertz CT molecular complexity index is 853. The summed E-state index contributed by atoms with van der Waals surface area (Å²) in [5.41, 5.74) is 1.97. The van der Waals surface area contributed by atoms with Gasteiger partial charge in [-0.1, -0.05) is 38.5 Å².